The van der Waals surface area contributed by atoms with Gasteiger partial charge < -0.3 is 15.0 Å². The number of nitrogens with zero attached hydrogens (tertiary/aromatic N) is 3. The number of pyridine rings is 1. The first kappa shape index (κ1) is 17.7. The molecule has 1 aromatic heterocycles. The van der Waals surface area contributed by atoms with Gasteiger partial charge in [-0.2, -0.15) is 0 Å². The number of ether oxygens (including phenoxy) is 1. The average Bonchev–Trinajstić information content (AvgIpc) is 2.63. The molecule has 0 saturated carbocycles. The number of halogens is 1. The Morgan fingerprint density at radius 3 is 2.72 bits per heavy atom. The summed E-state index contributed by atoms with van der Waals surface area (Å²) in [6.45, 7) is 3.79. The van der Waals surface area contributed by atoms with Gasteiger partial charge in [0.1, 0.15) is 11.6 Å². The molecule has 1 N–H and O–H groups in total. The van der Waals surface area contributed by atoms with Gasteiger partial charge >= 0.3 is 0 Å². The Morgan fingerprint density at radius 1 is 1.24 bits per heavy atom. The number of rotatable bonds is 5. The highest BCUT2D eigenvalue weighted by atomic mass is 79.9. The molecule has 2 aromatic rings. The van der Waals surface area contributed by atoms with E-state index in [9.17, 15) is 4.79 Å². The fraction of sp³-hybridized carbons (Fsp3) is 0.333. The highest BCUT2D eigenvalue weighted by Gasteiger charge is 2.19. The van der Waals surface area contributed by atoms with Crippen molar-refractivity contribution in [3.8, 4) is 5.75 Å². The molecule has 0 spiro atoms. The molecule has 0 radical (unpaired) electrons. The summed E-state index contributed by atoms with van der Waals surface area (Å²) in [6.07, 6.45) is 1.81. The molecule has 0 unspecified atom stereocenters. The van der Waals surface area contributed by atoms with E-state index in [4.69, 9.17) is 4.74 Å². The van der Waals surface area contributed by atoms with Crippen LogP contribution in [0, 0.1) is 0 Å². The summed E-state index contributed by atoms with van der Waals surface area (Å²) >= 11 is 3.40. The van der Waals surface area contributed by atoms with Crippen LogP contribution in [0.5, 0.6) is 5.75 Å². The number of carbonyl (C=O) groups is 1. The number of anilines is 2. The molecule has 132 valence electrons. The molecule has 1 aromatic carbocycles. The van der Waals surface area contributed by atoms with Gasteiger partial charge in [-0.25, -0.2) is 4.98 Å². The highest BCUT2D eigenvalue weighted by Crippen LogP contribution is 2.18. The number of aromatic nitrogens is 1. The molecule has 7 heteroatoms. The van der Waals surface area contributed by atoms with Crippen molar-refractivity contribution in [3.63, 3.8) is 0 Å². The maximum atomic E-state index is 12.2. The van der Waals surface area contributed by atoms with Crippen molar-refractivity contribution in [2.45, 2.75) is 0 Å². The molecular weight excluding hydrogens is 384 g/mol. The van der Waals surface area contributed by atoms with E-state index >= 15 is 0 Å². The molecule has 1 aliphatic heterocycles. The monoisotopic (exact) mass is 404 g/mol. The van der Waals surface area contributed by atoms with Crippen LogP contribution >= 0.6 is 15.9 Å². The number of methoxy groups -OCH3 is 1. The molecule has 1 amide bonds. The molecule has 25 heavy (non-hydrogen) atoms. The van der Waals surface area contributed by atoms with Crippen LogP contribution in [0.3, 0.4) is 0 Å². The van der Waals surface area contributed by atoms with Gasteiger partial charge in [0.15, 0.2) is 0 Å². The van der Waals surface area contributed by atoms with Crippen molar-refractivity contribution in [1.82, 2.24) is 9.88 Å². The summed E-state index contributed by atoms with van der Waals surface area (Å²) in [5.41, 5.74) is 0.752. The SMILES string of the molecule is COc1cccc(NC(=O)CN2CCN(c3ccc(Br)cn3)CC2)c1. The van der Waals surface area contributed by atoms with Crippen molar-refractivity contribution >= 4 is 33.3 Å². The predicted octanol–water partition coefficient (Wildman–Crippen LogP) is 2.61. The number of benzene rings is 1. The van der Waals surface area contributed by atoms with Crippen LogP contribution in [-0.4, -0.2) is 55.6 Å². The van der Waals surface area contributed by atoms with E-state index in [-0.39, 0.29) is 5.91 Å². The van der Waals surface area contributed by atoms with Gasteiger partial charge in [0.2, 0.25) is 5.91 Å². The van der Waals surface area contributed by atoms with Gasteiger partial charge in [-0.15, -0.1) is 0 Å². The second kappa shape index (κ2) is 8.31. The molecule has 1 fully saturated rings. The van der Waals surface area contributed by atoms with Gasteiger partial charge in [-0.3, -0.25) is 9.69 Å². The lowest BCUT2D eigenvalue weighted by atomic mass is 10.2. The van der Waals surface area contributed by atoms with Crippen LogP contribution in [0.15, 0.2) is 47.1 Å². The van der Waals surface area contributed by atoms with Crippen LogP contribution in [0.1, 0.15) is 0 Å². The zero-order chi connectivity index (χ0) is 17.6. The van der Waals surface area contributed by atoms with Gasteiger partial charge in [-0.1, -0.05) is 6.07 Å². The largest absolute Gasteiger partial charge is 0.497 e. The predicted molar refractivity (Wildman–Crippen MR) is 102 cm³/mol. The van der Waals surface area contributed by atoms with Gasteiger partial charge in [-0.05, 0) is 40.2 Å². The lowest BCUT2D eigenvalue weighted by Crippen LogP contribution is -2.48. The molecule has 1 saturated heterocycles. The Labute approximate surface area is 155 Å². The summed E-state index contributed by atoms with van der Waals surface area (Å²) in [4.78, 5) is 21.1. The third-order valence-corrected chi connectivity index (χ3v) is 4.60. The number of hydrogen-bond acceptors (Lipinski definition) is 5. The summed E-state index contributed by atoms with van der Waals surface area (Å²) in [6, 6.07) is 11.4. The third-order valence-electron chi connectivity index (χ3n) is 4.13. The standard InChI is InChI=1S/C18H21BrN4O2/c1-25-16-4-2-3-15(11-16)21-18(24)13-22-7-9-23(10-8-22)17-6-5-14(19)12-20-17/h2-6,11-12H,7-10,13H2,1H3,(H,21,24). The van der Waals surface area contributed by atoms with Crippen LogP contribution in [-0.2, 0) is 4.79 Å². The Hall–Kier alpha value is -2.12. The molecule has 2 heterocycles. The molecule has 3 rings (SSSR count). The maximum absolute atomic E-state index is 12.2. The number of amides is 1. The first-order valence-electron chi connectivity index (χ1n) is 8.17. The van der Waals surface area contributed by atoms with E-state index < -0.39 is 0 Å². The average molecular weight is 405 g/mol. The van der Waals surface area contributed by atoms with Crippen molar-refractivity contribution in [2.75, 3.05) is 50.1 Å². The molecule has 1 aliphatic rings. The zero-order valence-corrected chi connectivity index (χ0v) is 15.7. The minimum Gasteiger partial charge on any atom is -0.497 e. The van der Waals surface area contributed by atoms with Crippen LogP contribution in [0.4, 0.5) is 11.5 Å². The number of hydrogen-bond donors (Lipinski definition) is 1. The molecule has 0 atom stereocenters. The fourth-order valence-corrected chi connectivity index (χ4v) is 3.03. The van der Waals surface area contributed by atoms with Crippen LogP contribution in [0.25, 0.3) is 0 Å². The molecular formula is C18H21BrN4O2. The smallest absolute Gasteiger partial charge is 0.238 e. The Morgan fingerprint density at radius 2 is 2.04 bits per heavy atom. The number of carbonyl (C=O) groups excluding carboxylic acids is 1. The minimum atomic E-state index is -0.0107. The van der Waals surface area contributed by atoms with Crippen LogP contribution in [0.2, 0.25) is 0 Å². The van der Waals surface area contributed by atoms with Crippen molar-refractivity contribution in [3.05, 3.63) is 47.1 Å². The van der Waals surface area contributed by atoms with Gasteiger partial charge in [0.05, 0.1) is 13.7 Å². The summed E-state index contributed by atoms with van der Waals surface area (Å²) < 4.78 is 6.15. The van der Waals surface area contributed by atoms with E-state index in [1.807, 2.05) is 42.6 Å². The summed E-state index contributed by atoms with van der Waals surface area (Å²) in [5, 5.41) is 2.92. The fourth-order valence-electron chi connectivity index (χ4n) is 2.79. The quantitative estimate of drug-likeness (QED) is 0.829. The number of piperazine rings is 1. The van der Waals surface area contributed by atoms with Crippen molar-refractivity contribution < 1.29 is 9.53 Å². The normalized spacial score (nSPS) is 15.0. The second-order valence-electron chi connectivity index (χ2n) is 5.88. The Bertz CT molecular complexity index is 715. The summed E-state index contributed by atoms with van der Waals surface area (Å²) in [5.74, 6) is 1.69. The first-order valence-corrected chi connectivity index (χ1v) is 8.96. The minimum absolute atomic E-state index is 0.0107. The number of nitrogens with one attached hydrogen (secondary N) is 1. The lowest BCUT2D eigenvalue weighted by Gasteiger charge is -2.35. The van der Waals surface area contributed by atoms with Gasteiger partial charge in [0.25, 0.3) is 0 Å². The van der Waals surface area contributed by atoms with Crippen molar-refractivity contribution in [1.29, 1.82) is 0 Å². The maximum Gasteiger partial charge on any atom is 0.238 e. The van der Waals surface area contributed by atoms with E-state index in [0.717, 1.165) is 47.9 Å². The van der Waals surface area contributed by atoms with E-state index in [0.29, 0.717) is 6.54 Å². The van der Waals surface area contributed by atoms with E-state index in [1.54, 1.807) is 7.11 Å². The summed E-state index contributed by atoms with van der Waals surface area (Å²) in [7, 11) is 1.61. The zero-order valence-electron chi connectivity index (χ0n) is 14.1. The van der Waals surface area contributed by atoms with Crippen molar-refractivity contribution in [2.24, 2.45) is 0 Å². The third kappa shape index (κ3) is 4.93. The van der Waals surface area contributed by atoms with E-state index in [1.165, 1.54) is 0 Å². The Kier molecular flexibility index (Phi) is 5.88. The Balaban J connectivity index is 1.48. The highest BCUT2D eigenvalue weighted by molar-refractivity contribution is 9.10. The molecule has 0 bridgehead atoms. The van der Waals surface area contributed by atoms with Gasteiger partial charge in [0, 0.05) is 48.6 Å². The second-order valence-corrected chi connectivity index (χ2v) is 6.79. The van der Waals surface area contributed by atoms with E-state index in [2.05, 4.69) is 36.0 Å². The first-order chi connectivity index (χ1) is 12.1. The molecule has 0 aliphatic carbocycles. The molecule has 6 nitrogen and oxygen atoms in total. The lowest BCUT2D eigenvalue weighted by molar-refractivity contribution is -0.117. The topological polar surface area (TPSA) is 57.7 Å². The van der Waals surface area contributed by atoms with Crippen LogP contribution < -0.4 is 15.0 Å².